The van der Waals surface area contributed by atoms with Gasteiger partial charge in [-0.05, 0) is 36.5 Å². The molecule has 0 unspecified atom stereocenters. The molecule has 0 heterocycles. The van der Waals surface area contributed by atoms with Gasteiger partial charge in [-0.3, -0.25) is 4.79 Å². The Bertz CT molecular complexity index is 429. The zero-order valence-corrected chi connectivity index (χ0v) is 12.9. The topological polar surface area (TPSA) is 26.3 Å². The fourth-order valence-corrected chi connectivity index (χ4v) is 2.08. The van der Waals surface area contributed by atoms with Crippen molar-refractivity contribution in [2.45, 2.75) is 52.9 Å². The molecule has 0 aliphatic carbocycles. The molecule has 2 nitrogen and oxygen atoms in total. The number of ether oxygens (including phenoxy) is 1. The molecule has 0 fully saturated rings. The highest BCUT2D eigenvalue weighted by molar-refractivity contribution is 5.66. The first-order valence-corrected chi connectivity index (χ1v) is 7.51. The molecule has 2 heteroatoms. The van der Waals surface area contributed by atoms with E-state index in [1.54, 1.807) is 0 Å². The van der Waals surface area contributed by atoms with Crippen molar-refractivity contribution in [3.8, 4) is 0 Å². The SMILES string of the molecule is CCCCCCc1ccc(/C=C(\C)COC(C)=O)cc1. The van der Waals surface area contributed by atoms with E-state index in [2.05, 4.69) is 37.3 Å². The maximum Gasteiger partial charge on any atom is 0.302 e. The van der Waals surface area contributed by atoms with Gasteiger partial charge in [0.15, 0.2) is 0 Å². The van der Waals surface area contributed by atoms with E-state index in [0.717, 1.165) is 17.6 Å². The lowest BCUT2D eigenvalue weighted by molar-refractivity contribution is -0.139. The second-order valence-corrected chi connectivity index (χ2v) is 5.32. The molecular weight excluding hydrogens is 248 g/mol. The van der Waals surface area contributed by atoms with Gasteiger partial charge in [-0.15, -0.1) is 0 Å². The second kappa shape index (κ2) is 9.35. The fourth-order valence-electron chi connectivity index (χ4n) is 2.08. The zero-order chi connectivity index (χ0) is 14.8. The predicted molar refractivity (Wildman–Crippen MR) is 84.6 cm³/mol. The van der Waals surface area contributed by atoms with Crippen molar-refractivity contribution in [2.24, 2.45) is 0 Å². The molecule has 20 heavy (non-hydrogen) atoms. The first-order chi connectivity index (χ1) is 9.61. The van der Waals surface area contributed by atoms with Gasteiger partial charge in [-0.1, -0.05) is 56.5 Å². The quantitative estimate of drug-likeness (QED) is 0.504. The number of esters is 1. The average molecular weight is 274 g/mol. The van der Waals surface area contributed by atoms with Gasteiger partial charge in [-0.25, -0.2) is 0 Å². The smallest absolute Gasteiger partial charge is 0.302 e. The molecule has 0 atom stereocenters. The Morgan fingerprint density at radius 2 is 1.80 bits per heavy atom. The standard InChI is InChI=1S/C18H26O2/c1-4-5-6-7-8-17-9-11-18(12-10-17)13-15(2)14-20-16(3)19/h9-13H,4-8,14H2,1-3H3/b15-13+. The first-order valence-electron chi connectivity index (χ1n) is 7.51. The predicted octanol–water partition coefficient (Wildman–Crippen LogP) is 4.78. The Hall–Kier alpha value is -1.57. The minimum Gasteiger partial charge on any atom is -0.461 e. The summed E-state index contributed by atoms with van der Waals surface area (Å²) in [5.74, 6) is -0.236. The summed E-state index contributed by atoms with van der Waals surface area (Å²) in [5.41, 5.74) is 3.61. The summed E-state index contributed by atoms with van der Waals surface area (Å²) in [7, 11) is 0. The molecule has 1 aromatic rings. The number of rotatable bonds is 8. The summed E-state index contributed by atoms with van der Waals surface area (Å²) in [5, 5.41) is 0. The van der Waals surface area contributed by atoms with Crippen molar-refractivity contribution >= 4 is 12.0 Å². The third-order valence-electron chi connectivity index (χ3n) is 3.21. The molecular formula is C18H26O2. The summed E-state index contributed by atoms with van der Waals surface area (Å²) in [6.07, 6.45) is 8.43. The van der Waals surface area contributed by atoms with E-state index in [-0.39, 0.29) is 5.97 Å². The highest BCUT2D eigenvalue weighted by Gasteiger charge is 1.97. The molecule has 0 saturated heterocycles. The van der Waals surface area contributed by atoms with Crippen LogP contribution < -0.4 is 0 Å². The van der Waals surface area contributed by atoms with E-state index in [1.807, 2.05) is 6.92 Å². The highest BCUT2D eigenvalue weighted by Crippen LogP contribution is 2.12. The van der Waals surface area contributed by atoms with Gasteiger partial charge in [-0.2, -0.15) is 0 Å². The van der Waals surface area contributed by atoms with E-state index in [9.17, 15) is 4.79 Å². The summed E-state index contributed by atoms with van der Waals surface area (Å²) in [4.78, 5) is 10.7. The Balaban J connectivity index is 2.45. The third kappa shape index (κ3) is 7.13. The number of unbranched alkanes of at least 4 members (excludes halogenated alkanes) is 3. The third-order valence-corrected chi connectivity index (χ3v) is 3.21. The Kier molecular flexibility index (Phi) is 7.71. The van der Waals surface area contributed by atoms with Gasteiger partial charge in [0.05, 0.1) is 0 Å². The molecule has 0 aliphatic rings. The first kappa shape index (κ1) is 16.5. The lowest BCUT2D eigenvalue weighted by atomic mass is 10.0. The lowest BCUT2D eigenvalue weighted by Crippen LogP contribution is -2.01. The molecule has 0 spiro atoms. The molecule has 0 amide bonds. The lowest BCUT2D eigenvalue weighted by Gasteiger charge is -2.04. The van der Waals surface area contributed by atoms with Crippen molar-refractivity contribution in [3.63, 3.8) is 0 Å². The van der Waals surface area contributed by atoms with Crippen molar-refractivity contribution in [3.05, 3.63) is 41.0 Å². The molecule has 1 rings (SSSR count). The number of benzene rings is 1. The van der Waals surface area contributed by atoms with Crippen LogP contribution in [0.3, 0.4) is 0 Å². The van der Waals surface area contributed by atoms with Crippen LogP contribution in [0.15, 0.2) is 29.8 Å². The number of aryl methyl sites for hydroxylation is 1. The van der Waals surface area contributed by atoms with Crippen molar-refractivity contribution in [2.75, 3.05) is 6.61 Å². The van der Waals surface area contributed by atoms with Crippen molar-refractivity contribution in [1.29, 1.82) is 0 Å². The molecule has 0 N–H and O–H groups in total. The van der Waals surface area contributed by atoms with E-state index < -0.39 is 0 Å². The molecule has 0 aliphatic heterocycles. The average Bonchev–Trinajstić information content (AvgIpc) is 2.43. The van der Waals surface area contributed by atoms with Crippen LogP contribution in [0.5, 0.6) is 0 Å². The summed E-state index contributed by atoms with van der Waals surface area (Å²) in [6, 6.07) is 8.65. The van der Waals surface area contributed by atoms with Gasteiger partial charge in [0.2, 0.25) is 0 Å². The van der Waals surface area contributed by atoms with Crippen LogP contribution in [0, 0.1) is 0 Å². The number of hydrogen-bond donors (Lipinski definition) is 0. The molecule has 0 aromatic heterocycles. The highest BCUT2D eigenvalue weighted by atomic mass is 16.5. The summed E-state index contributed by atoms with van der Waals surface area (Å²) in [6.45, 7) is 6.01. The number of carbonyl (C=O) groups is 1. The van der Waals surface area contributed by atoms with E-state index in [0.29, 0.717) is 6.61 Å². The van der Waals surface area contributed by atoms with Crippen molar-refractivity contribution in [1.82, 2.24) is 0 Å². The van der Waals surface area contributed by atoms with Crippen LogP contribution in [0.2, 0.25) is 0 Å². The van der Waals surface area contributed by atoms with Crippen LogP contribution >= 0.6 is 0 Å². The van der Waals surface area contributed by atoms with Crippen LogP contribution in [-0.4, -0.2) is 12.6 Å². The van der Waals surface area contributed by atoms with Crippen LogP contribution in [0.25, 0.3) is 6.08 Å². The zero-order valence-electron chi connectivity index (χ0n) is 12.9. The molecule has 0 radical (unpaired) electrons. The minimum atomic E-state index is -0.236. The normalized spacial score (nSPS) is 11.4. The van der Waals surface area contributed by atoms with Crippen LogP contribution in [-0.2, 0) is 16.0 Å². The minimum absolute atomic E-state index is 0.236. The fraction of sp³-hybridized carbons (Fsp3) is 0.500. The van der Waals surface area contributed by atoms with Gasteiger partial charge in [0.25, 0.3) is 0 Å². The Morgan fingerprint density at radius 1 is 1.10 bits per heavy atom. The molecule has 1 aromatic carbocycles. The van der Waals surface area contributed by atoms with Gasteiger partial charge >= 0.3 is 5.97 Å². The van der Waals surface area contributed by atoms with Gasteiger partial charge in [0, 0.05) is 6.92 Å². The number of carbonyl (C=O) groups excluding carboxylic acids is 1. The van der Waals surface area contributed by atoms with E-state index >= 15 is 0 Å². The van der Waals surface area contributed by atoms with E-state index in [1.165, 1.54) is 38.2 Å². The second-order valence-electron chi connectivity index (χ2n) is 5.32. The van der Waals surface area contributed by atoms with E-state index in [4.69, 9.17) is 4.74 Å². The number of hydrogen-bond acceptors (Lipinski definition) is 2. The van der Waals surface area contributed by atoms with Crippen molar-refractivity contribution < 1.29 is 9.53 Å². The largest absolute Gasteiger partial charge is 0.461 e. The Labute approximate surface area is 122 Å². The van der Waals surface area contributed by atoms with Gasteiger partial charge in [0.1, 0.15) is 6.61 Å². The Morgan fingerprint density at radius 3 is 2.40 bits per heavy atom. The summed E-state index contributed by atoms with van der Waals surface area (Å²) >= 11 is 0. The van der Waals surface area contributed by atoms with Crippen LogP contribution in [0.4, 0.5) is 0 Å². The van der Waals surface area contributed by atoms with Gasteiger partial charge < -0.3 is 4.74 Å². The molecule has 0 bridgehead atoms. The monoisotopic (exact) mass is 274 g/mol. The molecule has 0 saturated carbocycles. The summed E-state index contributed by atoms with van der Waals surface area (Å²) < 4.78 is 4.97. The maximum atomic E-state index is 10.7. The van der Waals surface area contributed by atoms with Crippen LogP contribution in [0.1, 0.15) is 57.6 Å². The molecule has 110 valence electrons. The maximum absolute atomic E-state index is 10.7.